The summed E-state index contributed by atoms with van der Waals surface area (Å²) in [6.45, 7) is -0.485. The summed E-state index contributed by atoms with van der Waals surface area (Å²) in [7, 11) is 0. The largest absolute Gasteiger partial charge is 0.456 e. The van der Waals surface area contributed by atoms with Crippen LogP contribution in [0.4, 0.5) is 5.69 Å². The highest BCUT2D eigenvalue weighted by atomic mass is 35.5. The van der Waals surface area contributed by atoms with Gasteiger partial charge in [0.05, 0.1) is 26.3 Å². The van der Waals surface area contributed by atoms with Gasteiger partial charge in [-0.05, 0) is 30.3 Å². The summed E-state index contributed by atoms with van der Waals surface area (Å²) in [5.74, 6) is -1.42. The predicted octanol–water partition coefficient (Wildman–Crippen LogP) is 4.85. The van der Waals surface area contributed by atoms with E-state index in [9.17, 15) is 14.4 Å². The molecule has 1 heterocycles. The number of hydrogen-bond acceptors (Lipinski definition) is 5. The Hall–Kier alpha value is -1.60. The van der Waals surface area contributed by atoms with Crippen LogP contribution in [0.1, 0.15) is 22.5 Å². The molecule has 1 amide bonds. The third kappa shape index (κ3) is 6.32. The van der Waals surface area contributed by atoms with Crippen molar-refractivity contribution in [1.82, 2.24) is 0 Å². The second kappa shape index (κ2) is 9.20. The first-order chi connectivity index (χ1) is 11.8. The molecule has 2 aromatic rings. The number of benzene rings is 1. The summed E-state index contributed by atoms with van der Waals surface area (Å²) in [6.07, 6.45) is -0.142. The van der Waals surface area contributed by atoms with E-state index in [4.69, 9.17) is 39.5 Å². The second-order valence-corrected chi connectivity index (χ2v) is 7.42. The minimum atomic E-state index is -0.650. The average molecular weight is 421 g/mol. The number of esters is 1. The standard InChI is InChI=1S/C16H12Cl3NO4S/c17-9-1-2-10(18)11(7-9)20-15(22)8-24-16(23)6-3-12(21)13-4-5-14(19)25-13/h1-2,4-5,7H,3,6,8H2,(H,20,22). The highest BCUT2D eigenvalue weighted by molar-refractivity contribution is 7.18. The van der Waals surface area contributed by atoms with Gasteiger partial charge in [-0.1, -0.05) is 34.8 Å². The molecule has 0 atom stereocenters. The van der Waals surface area contributed by atoms with Gasteiger partial charge in [0.1, 0.15) is 0 Å². The lowest BCUT2D eigenvalue weighted by Crippen LogP contribution is -2.21. The molecular formula is C16H12Cl3NO4S. The van der Waals surface area contributed by atoms with Crippen LogP contribution in [0, 0.1) is 0 Å². The summed E-state index contributed by atoms with van der Waals surface area (Å²) in [4.78, 5) is 35.7. The normalized spacial score (nSPS) is 10.4. The van der Waals surface area contributed by atoms with Gasteiger partial charge in [0.15, 0.2) is 12.4 Å². The van der Waals surface area contributed by atoms with Crippen LogP contribution in [0.2, 0.25) is 14.4 Å². The van der Waals surface area contributed by atoms with Crippen molar-refractivity contribution in [3.8, 4) is 0 Å². The van der Waals surface area contributed by atoms with E-state index in [-0.39, 0.29) is 18.6 Å². The fourth-order valence-corrected chi connectivity index (χ4v) is 3.15. The molecule has 9 heteroatoms. The number of Topliss-reactive ketones (excluding diaryl/α,β-unsaturated/α-hetero) is 1. The first-order valence-corrected chi connectivity index (χ1v) is 8.99. The molecule has 0 saturated carbocycles. The number of ether oxygens (including phenoxy) is 1. The van der Waals surface area contributed by atoms with Crippen molar-refractivity contribution in [2.45, 2.75) is 12.8 Å². The van der Waals surface area contributed by atoms with Crippen LogP contribution in [0.3, 0.4) is 0 Å². The number of anilines is 1. The SMILES string of the molecule is O=C(COC(=O)CCC(=O)c1ccc(Cl)s1)Nc1cc(Cl)ccc1Cl. The number of halogens is 3. The van der Waals surface area contributed by atoms with E-state index in [1.165, 1.54) is 12.1 Å². The molecule has 1 N–H and O–H groups in total. The fraction of sp³-hybridized carbons (Fsp3) is 0.188. The Morgan fingerprint density at radius 2 is 1.80 bits per heavy atom. The molecule has 0 aliphatic rings. The number of carbonyl (C=O) groups is 3. The first-order valence-electron chi connectivity index (χ1n) is 7.04. The molecule has 132 valence electrons. The lowest BCUT2D eigenvalue weighted by molar-refractivity contribution is -0.147. The summed E-state index contributed by atoms with van der Waals surface area (Å²) < 4.78 is 5.34. The smallest absolute Gasteiger partial charge is 0.306 e. The van der Waals surface area contributed by atoms with Gasteiger partial charge in [-0.25, -0.2) is 0 Å². The molecule has 1 aromatic carbocycles. The molecule has 0 saturated heterocycles. The van der Waals surface area contributed by atoms with Gasteiger partial charge < -0.3 is 10.1 Å². The molecule has 0 aliphatic heterocycles. The van der Waals surface area contributed by atoms with Gasteiger partial charge in [-0.3, -0.25) is 14.4 Å². The van der Waals surface area contributed by atoms with E-state index < -0.39 is 18.5 Å². The minimum Gasteiger partial charge on any atom is -0.456 e. The lowest BCUT2D eigenvalue weighted by atomic mass is 10.2. The van der Waals surface area contributed by atoms with Crippen LogP contribution in [-0.2, 0) is 14.3 Å². The third-order valence-electron chi connectivity index (χ3n) is 2.97. The number of amides is 1. The van der Waals surface area contributed by atoms with Gasteiger partial charge in [0.25, 0.3) is 5.91 Å². The molecule has 0 spiro atoms. The number of hydrogen-bond donors (Lipinski definition) is 1. The van der Waals surface area contributed by atoms with Crippen molar-refractivity contribution < 1.29 is 19.1 Å². The van der Waals surface area contributed by atoms with E-state index in [0.717, 1.165) is 11.3 Å². The van der Waals surface area contributed by atoms with Crippen molar-refractivity contribution in [3.05, 3.63) is 49.6 Å². The number of rotatable bonds is 7. The van der Waals surface area contributed by atoms with E-state index >= 15 is 0 Å². The highest BCUT2D eigenvalue weighted by Gasteiger charge is 2.14. The van der Waals surface area contributed by atoms with Crippen molar-refractivity contribution in [1.29, 1.82) is 0 Å². The topological polar surface area (TPSA) is 72.5 Å². The Balaban J connectivity index is 1.75. The van der Waals surface area contributed by atoms with E-state index in [2.05, 4.69) is 5.32 Å². The van der Waals surface area contributed by atoms with E-state index in [1.54, 1.807) is 18.2 Å². The number of ketones is 1. The van der Waals surface area contributed by atoms with Gasteiger partial charge in [0, 0.05) is 11.4 Å². The average Bonchev–Trinajstić information content (AvgIpc) is 3.00. The molecule has 2 rings (SSSR count). The number of thiophene rings is 1. The molecule has 0 bridgehead atoms. The van der Waals surface area contributed by atoms with Gasteiger partial charge in [0.2, 0.25) is 0 Å². The van der Waals surface area contributed by atoms with Crippen molar-refractivity contribution >= 4 is 69.5 Å². The molecular weight excluding hydrogens is 409 g/mol. The molecule has 25 heavy (non-hydrogen) atoms. The van der Waals surface area contributed by atoms with E-state index in [1.807, 2.05) is 0 Å². The zero-order chi connectivity index (χ0) is 18.4. The Bertz CT molecular complexity index is 806. The molecule has 1 aromatic heterocycles. The zero-order valence-electron chi connectivity index (χ0n) is 12.7. The van der Waals surface area contributed by atoms with Gasteiger partial charge >= 0.3 is 5.97 Å². The molecule has 5 nitrogen and oxygen atoms in total. The number of nitrogens with one attached hydrogen (secondary N) is 1. The summed E-state index contributed by atoms with van der Waals surface area (Å²) in [5.41, 5.74) is 0.319. The summed E-state index contributed by atoms with van der Waals surface area (Å²) in [5, 5.41) is 3.20. The van der Waals surface area contributed by atoms with E-state index in [0.29, 0.717) is 24.9 Å². The molecule has 0 aliphatic carbocycles. The minimum absolute atomic E-state index is 0.0165. The third-order valence-corrected chi connectivity index (χ3v) is 4.81. The van der Waals surface area contributed by atoms with Crippen LogP contribution in [-0.4, -0.2) is 24.3 Å². The van der Waals surface area contributed by atoms with Crippen molar-refractivity contribution in [3.63, 3.8) is 0 Å². The Labute approximate surface area is 162 Å². The lowest BCUT2D eigenvalue weighted by Gasteiger charge is -2.08. The van der Waals surface area contributed by atoms with Crippen LogP contribution in [0.5, 0.6) is 0 Å². The maximum atomic E-state index is 11.8. The van der Waals surface area contributed by atoms with Crippen molar-refractivity contribution in [2.24, 2.45) is 0 Å². The van der Waals surface area contributed by atoms with Crippen molar-refractivity contribution in [2.75, 3.05) is 11.9 Å². The molecule has 0 unspecified atom stereocenters. The molecule has 0 radical (unpaired) electrons. The first kappa shape index (κ1) is 19.7. The Morgan fingerprint density at radius 3 is 2.48 bits per heavy atom. The molecule has 0 fully saturated rings. The van der Waals surface area contributed by atoms with Crippen LogP contribution >= 0.6 is 46.1 Å². The van der Waals surface area contributed by atoms with Crippen LogP contribution in [0.15, 0.2) is 30.3 Å². The fourth-order valence-electron chi connectivity index (χ4n) is 1.80. The van der Waals surface area contributed by atoms with Gasteiger partial charge in [-0.15, -0.1) is 11.3 Å². The Morgan fingerprint density at radius 1 is 1.04 bits per heavy atom. The summed E-state index contributed by atoms with van der Waals surface area (Å²) in [6, 6.07) is 7.81. The van der Waals surface area contributed by atoms with Gasteiger partial charge in [-0.2, -0.15) is 0 Å². The monoisotopic (exact) mass is 419 g/mol. The number of carbonyl (C=O) groups excluding carboxylic acids is 3. The highest BCUT2D eigenvalue weighted by Crippen LogP contribution is 2.25. The predicted molar refractivity (Wildman–Crippen MR) is 98.9 cm³/mol. The maximum absolute atomic E-state index is 11.8. The van der Waals surface area contributed by atoms with Crippen LogP contribution in [0.25, 0.3) is 0 Å². The maximum Gasteiger partial charge on any atom is 0.306 e. The quantitative estimate of drug-likeness (QED) is 0.513. The zero-order valence-corrected chi connectivity index (χ0v) is 15.8. The second-order valence-electron chi connectivity index (χ2n) is 4.86. The summed E-state index contributed by atoms with van der Waals surface area (Å²) >= 11 is 18.6. The van der Waals surface area contributed by atoms with Crippen LogP contribution < -0.4 is 5.32 Å². The Kier molecular flexibility index (Phi) is 7.25.